The van der Waals surface area contributed by atoms with Crippen molar-refractivity contribution < 1.29 is 0 Å². The quantitative estimate of drug-likeness (QED) is 0.763. The highest BCUT2D eigenvalue weighted by Gasteiger charge is 2.23. The summed E-state index contributed by atoms with van der Waals surface area (Å²) < 4.78 is 2.07. The number of nitrogens with zero attached hydrogens (tertiary/aromatic N) is 3. The van der Waals surface area contributed by atoms with Gasteiger partial charge >= 0.3 is 0 Å². The van der Waals surface area contributed by atoms with Gasteiger partial charge in [-0.15, -0.1) is 5.10 Å². The lowest BCUT2D eigenvalue weighted by Crippen LogP contribution is -2.16. The molecule has 1 heterocycles. The summed E-state index contributed by atoms with van der Waals surface area (Å²) in [6.45, 7) is 12.0. The fourth-order valence-corrected chi connectivity index (χ4v) is 1.79. The van der Waals surface area contributed by atoms with Gasteiger partial charge < -0.3 is 0 Å². The molecule has 0 aliphatic heterocycles. The van der Waals surface area contributed by atoms with Gasteiger partial charge in [0.1, 0.15) is 0 Å². The lowest BCUT2D eigenvalue weighted by atomic mass is 9.89. The van der Waals surface area contributed by atoms with Crippen molar-refractivity contribution in [2.75, 3.05) is 0 Å². The molecule has 0 spiro atoms. The second kappa shape index (κ2) is 4.77. The predicted molar refractivity (Wildman–Crippen MR) is 63.0 cm³/mol. The number of aromatic nitrogens is 3. The highest BCUT2D eigenvalue weighted by molar-refractivity contribution is 5.19. The van der Waals surface area contributed by atoms with Crippen molar-refractivity contribution >= 4 is 0 Å². The molecule has 0 bridgehead atoms. The van der Waals surface area contributed by atoms with E-state index in [0.29, 0.717) is 0 Å². The van der Waals surface area contributed by atoms with Gasteiger partial charge in [0, 0.05) is 12.0 Å². The first-order chi connectivity index (χ1) is 7.00. The molecule has 1 rings (SSSR count). The average molecular weight is 209 g/mol. The summed E-state index contributed by atoms with van der Waals surface area (Å²) in [7, 11) is 0. The van der Waals surface area contributed by atoms with E-state index in [0.717, 1.165) is 31.5 Å². The molecule has 0 fully saturated rings. The highest BCUT2D eigenvalue weighted by Crippen LogP contribution is 2.24. The SMILES string of the molecule is CCCc1c(C(C)(C)C)nnn1CCC. The fourth-order valence-electron chi connectivity index (χ4n) is 1.79. The fraction of sp³-hybridized carbons (Fsp3) is 0.833. The van der Waals surface area contributed by atoms with E-state index in [1.165, 1.54) is 5.69 Å². The molecule has 3 heteroatoms. The summed E-state index contributed by atoms with van der Waals surface area (Å²) in [5, 5.41) is 8.60. The normalized spacial score (nSPS) is 12.1. The zero-order valence-corrected chi connectivity index (χ0v) is 10.7. The molecule has 0 saturated carbocycles. The average Bonchev–Trinajstić information content (AvgIpc) is 2.49. The van der Waals surface area contributed by atoms with E-state index in [4.69, 9.17) is 0 Å². The molecule has 0 saturated heterocycles. The third-order valence-electron chi connectivity index (χ3n) is 2.47. The van der Waals surface area contributed by atoms with Crippen LogP contribution >= 0.6 is 0 Å². The van der Waals surface area contributed by atoms with Gasteiger partial charge in [0.25, 0.3) is 0 Å². The van der Waals surface area contributed by atoms with Gasteiger partial charge in [0.15, 0.2) is 0 Å². The Morgan fingerprint density at radius 1 is 1.13 bits per heavy atom. The minimum absolute atomic E-state index is 0.108. The topological polar surface area (TPSA) is 30.7 Å². The molecular weight excluding hydrogens is 186 g/mol. The van der Waals surface area contributed by atoms with Gasteiger partial charge in [-0.1, -0.05) is 46.3 Å². The van der Waals surface area contributed by atoms with Crippen LogP contribution in [-0.4, -0.2) is 15.0 Å². The Morgan fingerprint density at radius 2 is 1.80 bits per heavy atom. The van der Waals surface area contributed by atoms with E-state index in [1.54, 1.807) is 0 Å². The third kappa shape index (κ3) is 2.80. The molecule has 0 N–H and O–H groups in total. The van der Waals surface area contributed by atoms with E-state index in [1.807, 2.05) is 0 Å². The van der Waals surface area contributed by atoms with E-state index >= 15 is 0 Å². The molecule has 1 aromatic rings. The van der Waals surface area contributed by atoms with Crippen LogP contribution in [0.15, 0.2) is 0 Å². The second-order valence-corrected chi connectivity index (χ2v) is 5.11. The Balaban J connectivity index is 3.06. The molecule has 0 unspecified atom stereocenters. The van der Waals surface area contributed by atoms with Crippen LogP contribution in [0.1, 0.15) is 58.8 Å². The first kappa shape index (κ1) is 12.2. The smallest absolute Gasteiger partial charge is 0.0912 e. The monoisotopic (exact) mass is 209 g/mol. The molecule has 1 aromatic heterocycles. The number of aryl methyl sites for hydroxylation is 1. The van der Waals surface area contributed by atoms with Gasteiger partial charge in [-0.05, 0) is 12.8 Å². The Hall–Kier alpha value is -0.860. The Morgan fingerprint density at radius 3 is 2.27 bits per heavy atom. The second-order valence-electron chi connectivity index (χ2n) is 5.11. The van der Waals surface area contributed by atoms with Gasteiger partial charge in [-0.25, -0.2) is 4.68 Å². The lowest BCUT2D eigenvalue weighted by molar-refractivity contribution is 0.547. The molecule has 0 aliphatic rings. The van der Waals surface area contributed by atoms with E-state index in [9.17, 15) is 0 Å². The summed E-state index contributed by atoms with van der Waals surface area (Å²) in [6.07, 6.45) is 3.35. The Labute approximate surface area is 92.9 Å². The maximum atomic E-state index is 4.34. The summed E-state index contributed by atoms with van der Waals surface area (Å²) in [5.41, 5.74) is 2.60. The first-order valence-electron chi connectivity index (χ1n) is 5.93. The molecule has 0 aromatic carbocycles. The summed E-state index contributed by atoms with van der Waals surface area (Å²) in [4.78, 5) is 0. The lowest BCUT2D eigenvalue weighted by Gasteiger charge is -2.17. The van der Waals surface area contributed by atoms with E-state index in [2.05, 4.69) is 49.6 Å². The van der Waals surface area contributed by atoms with E-state index in [-0.39, 0.29) is 5.41 Å². The maximum Gasteiger partial charge on any atom is 0.0912 e. The molecule has 0 atom stereocenters. The van der Waals surface area contributed by atoms with Gasteiger partial charge in [0.05, 0.1) is 11.4 Å². The van der Waals surface area contributed by atoms with Crippen molar-refractivity contribution in [3.05, 3.63) is 11.4 Å². The van der Waals surface area contributed by atoms with Crippen LogP contribution in [0.3, 0.4) is 0 Å². The predicted octanol–water partition coefficient (Wildman–Crippen LogP) is 2.94. The van der Waals surface area contributed by atoms with Crippen LogP contribution in [-0.2, 0) is 18.4 Å². The number of hydrogen-bond donors (Lipinski definition) is 0. The largest absolute Gasteiger partial charge is 0.249 e. The van der Waals surface area contributed by atoms with Crippen LogP contribution in [0.25, 0.3) is 0 Å². The summed E-state index contributed by atoms with van der Waals surface area (Å²) in [5.74, 6) is 0. The summed E-state index contributed by atoms with van der Waals surface area (Å²) >= 11 is 0. The van der Waals surface area contributed by atoms with Crippen molar-refractivity contribution in [3.8, 4) is 0 Å². The van der Waals surface area contributed by atoms with Crippen LogP contribution < -0.4 is 0 Å². The van der Waals surface area contributed by atoms with Crippen molar-refractivity contribution in [1.29, 1.82) is 0 Å². The maximum absolute atomic E-state index is 4.34. The summed E-state index contributed by atoms with van der Waals surface area (Å²) in [6, 6.07) is 0. The Bertz CT molecular complexity index is 307. The van der Waals surface area contributed by atoms with Gasteiger partial charge in [-0.2, -0.15) is 0 Å². The van der Waals surface area contributed by atoms with Crippen LogP contribution in [0.5, 0.6) is 0 Å². The van der Waals surface area contributed by atoms with Crippen LogP contribution in [0.2, 0.25) is 0 Å². The van der Waals surface area contributed by atoms with E-state index < -0.39 is 0 Å². The van der Waals surface area contributed by atoms with Crippen molar-refractivity contribution in [2.45, 2.75) is 65.8 Å². The van der Waals surface area contributed by atoms with Gasteiger partial charge in [-0.3, -0.25) is 0 Å². The molecule has 0 aliphatic carbocycles. The zero-order chi connectivity index (χ0) is 11.5. The molecule has 3 nitrogen and oxygen atoms in total. The van der Waals surface area contributed by atoms with Crippen LogP contribution in [0, 0.1) is 0 Å². The third-order valence-corrected chi connectivity index (χ3v) is 2.47. The van der Waals surface area contributed by atoms with Gasteiger partial charge in [0.2, 0.25) is 0 Å². The highest BCUT2D eigenvalue weighted by atomic mass is 15.4. The van der Waals surface area contributed by atoms with Crippen LogP contribution in [0.4, 0.5) is 0 Å². The molecule has 86 valence electrons. The zero-order valence-electron chi connectivity index (χ0n) is 10.7. The number of hydrogen-bond acceptors (Lipinski definition) is 2. The minimum atomic E-state index is 0.108. The molecule has 0 amide bonds. The minimum Gasteiger partial charge on any atom is -0.249 e. The first-order valence-corrected chi connectivity index (χ1v) is 5.93. The molecule has 15 heavy (non-hydrogen) atoms. The van der Waals surface area contributed by atoms with Crippen molar-refractivity contribution in [3.63, 3.8) is 0 Å². The Kier molecular flexibility index (Phi) is 3.89. The number of rotatable bonds is 4. The van der Waals surface area contributed by atoms with Crippen molar-refractivity contribution in [1.82, 2.24) is 15.0 Å². The molecular formula is C12H23N3. The molecule has 0 radical (unpaired) electrons. The van der Waals surface area contributed by atoms with Crippen molar-refractivity contribution in [2.24, 2.45) is 0 Å². The standard InChI is InChI=1S/C12H23N3/c1-6-8-10-11(12(3,4)5)13-14-15(10)9-7-2/h6-9H2,1-5H3.